The van der Waals surface area contributed by atoms with Gasteiger partial charge in [-0.2, -0.15) is 0 Å². The van der Waals surface area contributed by atoms with Crippen molar-refractivity contribution < 1.29 is 19.1 Å². The summed E-state index contributed by atoms with van der Waals surface area (Å²) >= 11 is 0. The van der Waals surface area contributed by atoms with E-state index in [1.54, 1.807) is 18.9 Å². The van der Waals surface area contributed by atoms with Crippen molar-refractivity contribution in [1.82, 2.24) is 10.2 Å². The number of carbonyl (C=O) groups is 2. The predicted molar refractivity (Wildman–Crippen MR) is 63.6 cm³/mol. The van der Waals surface area contributed by atoms with Gasteiger partial charge in [0.05, 0.1) is 19.8 Å². The van der Waals surface area contributed by atoms with E-state index in [4.69, 9.17) is 4.74 Å². The zero-order chi connectivity index (χ0) is 13.1. The Balaban J connectivity index is 3.35. The molecule has 0 spiro atoms. The van der Waals surface area contributed by atoms with Crippen molar-refractivity contribution in [3.05, 3.63) is 0 Å². The Morgan fingerprint density at radius 2 is 2.00 bits per heavy atom. The summed E-state index contributed by atoms with van der Waals surface area (Å²) in [5, 5.41) is 2.94. The van der Waals surface area contributed by atoms with Crippen molar-refractivity contribution in [3.63, 3.8) is 0 Å². The van der Waals surface area contributed by atoms with Crippen molar-refractivity contribution in [2.24, 2.45) is 0 Å². The molecule has 6 heteroatoms. The first-order valence-electron chi connectivity index (χ1n) is 5.79. The minimum Gasteiger partial charge on any atom is -0.464 e. The molecule has 0 aliphatic heterocycles. The maximum Gasteiger partial charge on any atom is 0.332 e. The third-order valence-corrected chi connectivity index (χ3v) is 2.12. The molecule has 0 heterocycles. The van der Waals surface area contributed by atoms with E-state index in [-0.39, 0.29) is 25.0 Å². The molecule has 17 heavy (non-hydrogen) atoms. The van der Waals surface area contributed by atoms with E-state index in [2.05, 4.69) is 10.1 Å². The number of rotatable bonds is 9. The van der Waals surface area contributed by atoms with Crippen LogP contribution in [-0.2, 0) is 19.1 Å². The van der Waals surface area contributed by atoms with E-state index in [0.717, 1.165) is 0 Å². The van der Waals surface area contributed by atoms with Crippen LogP contribution >= 0.6 is 0 Å². The Hall–Kier alpha value is -1.14. The van der Waals surface area contributed by atoms with Crippen molar-refractivity contribution in [2.45, 2.75) is 13.8 Å². The second-order valence-corrected chi connectivity index (χ2v) is 3.44. The summed E-state index contributed by atoms with van der Waals surface area (Å²) in [5.41, 5.74) is 0. The molecule has 100 valence electrons. The van der Waals surface area contributed by atoms with Crippen molar-refractivity contribution in [2.75, 3.05) is 46.5 Å². The third-order valence-electron chi connectivity index (χ3n) is 2.12. The molecule has 0 aliphatic carbocycles. The normalized spacial score (nSPS) is 10.1. The first-order valence-corrected chi connectivity index (χ1v) is 5.79. The zero-order valence-corrected chi connectivity index (χ0v) is 10.8. The van der Waals surface area contributed by atoms with Crippen LogP contribution in [0, 0.1) is 0 Å². The van der Waals surface area contributed by atoms with Crippen molar-refractivity contribution >= 4 is 11.9 Å². The number of likely N-dealkylation sites (N-methyl/N-ethyl adjacent to an activating group) is 1. The highest BCUT2D eigenvalue weighted by Crippen LogP contribution is 1.83. The van der Waals surface area contributed by atoms with Crippen LogP contribution < -0.4 is 5.32 Å². The van der Waals surface area contributed by atoms with Gasteiger partial charge in [0.1, 0.15) is 6.61 Å². The standard InChI is InChI=1S/C11H22N2O4/c1-4-13(3)10(14)8-12-6-7-16-9-11(15)17-5-2/h12H,4-9H2,1-3H3. The first-order chi connectivity index (χ1) is 8.11. The minimum atomic E-state index is -0.366. The largest absolute Gasteiger partial charge is 0.464 e. The van der Waals surface area contributed by atoms with Gasteiger partial charge in [0.2, 0.25) is 5.91 Å². The van der Waals surface area contributed by atoms with Crippen LogP contribution in [0.4, 0.5) is 0 Å². The Bertz CT molecular complexity index is 234. The van der Waals surface area contributed by atoms with Crippen LogP contribution in [0.1, 0.15) is 13.8 Å². The summed E-state index contributed by atoms with van der Waals surface area (Å²) in [7, 11) is 1.75. The summed E-state index contributed by atoms with van der Waals surface area (Å²) < 4.78 is 9.74. The fourth-order valence-corrected chi connectivity index (χ4v) is 1.01. The average Bonchev–Trinajstić information content (AvgIpc) is 2.32. The quantitative estimate of drug-likeness (QED) is 0.444. The molecule has 1 amide bonds. The van der Waals surface area contributed by atoms with Gasteiger partial charge in [-0.15, -0.1) is 0 Å². The molecule has 0 rings (SSSR count). The summed E-state index contributed by atoms with van der Waals surface area (Å²) in [6.07, 6.45) is 0. The number of amides is 1. The lowest BCUT2D eigenvalue weighted by molar-refractivity contribution is -0.148. The van der Waals surface area contributed by atoms with Crippen LogP contribution in [0.15, 0.2) is 0 Å². The Labute approximate surface area is 102 Å². The van der Waals surface area contributed by atoms with E-state index in [9.17, 15) is 9.59 Å². The van der Waals surface area contributed by atoms with Gasteiger partial charge in [0.15, 0.2) is 0 Å². The molecule has 0 unspecified atom stereocenters. The number of ether oxygens (including phenoxy) is 2. The molecule has 0 saturated heterocycles. The highest BCUT2D eigenvalue weighted by molar-refractivity contribution is 5.77. The number of hydrogen-bond acceptors (Lipinski definition) is 5. The van der Waals surface area contributed by atoms with Gasteiger partial charge in [0.25, 0.3) is 0 Å². The minimum absolute atomic E-state index is 0.0397. The van der Waals surface area contributed by atoms with Gasteiger partial charge in [-0.1, -0.05) is 0 Å². The van der Waals surface area contributed by atoms with Gasteiger partial charge in [-0.05, 0) is 13.8 Å². The maximum absolute atomic E-state index is 11.3. The summed E-state index contributed by atoms with van der Waals surface area (Å²) in [5.74, 6) is -0.327. The van der Waals surface area contributed by atoms with Gasteiger partial charge >= 0.3 is 5.97 Å². The zero-order valence-electron chi connectivity index (χ0n) is 10.8. The molecule has 0 aromatic heterocycles. The van der Waals surface area contributed by atoms with Gasteiger partial charge in [-0.25, -0.2) is 4.79 Å². The van der Waals surface area contributed by atoms with Gasteiger partial charge < -0.3 is 19.7 Å². The fraction of sp³-hybridized carbons (Fsp3) is 0.818. The number of esters is 1. The summed E-state index contributed by atoms with van der Waals surface area (Å²) in [4.78, 5) is 23.9. The molecule has 6 nitrogen and oxygen atoms in total. The van der Waals surface area contributed by atoms with E-state index < -0.39 is 0 Å². The highest BCUT2D eigenvalue weighted by atomic mass is 16.6. The van der Waals surface area contributed by atoms with Crippen LogP contribution in [0.5, 0.6) is 0 Å². The van der Waals surface area contributed by atoms with E-state index in [0.29, 0.717) is 26.3 Å². The molecule has 0 bridgehead atoms. The smallest absolute Gasteiger partial charge is 0.332 e. The average molecular weight is 246 g/mol. The molecular formula is C11H22N2O4. The topological polar surface area (TPSA) is 67.9 Å². The third kappa shape index (κ3) is 8.65. The van der Waals surface area contributed by atoms with E-state index >= 15 is 0 Å². The SMILES string of the molecule is CCOC(=O)COCCNCC(=O)N(C)CC. The van der Waals surface area contributed by atoms with Crippen molar-refractivity contribution in [3.8, 4) is 0 Å². The number of nitrogens with zero attached hydrogens (tertiary/aromatic N) is 1. The van der Waals surface area contributed by atoms with Crippen LogP contribution in [0.25, 0.3) is 0 Å². The molecule has 0 atom stereocenters. The van der Waals surface area contributed by atoms with Crippen LogP contribution in [0.2, 0.25) is 0 Å². The molecule has 0 aromatic rings. The Kier molecular flexibility index (Phi) is 9.37. The molecule has 1 N–H and O–H groups in total. The lowest BCUT2D eigenvalue weighted by atomic mass is 10.5. The van der Waals surface area contributed by atoms with Crippen molar-refractivity contribution in [1.29, 1.82) is 0 Å². The fourth-order valence-electron chi connectivity index (χ4n) is 1.01. The molecule has 0 aromatic carbocycles. The van der Waals surface area contributed by atoms with Gasteiger partial charge in [-0.3, -0.25) is 4.79 Å². The number of hydrogen-bond donors (Lipinski definition) is 1. The maximum atomic E-state index is 11.3. The monoisotopic (exact) mass is 246 g/mol. The highest BCUT2D eigenvalue weighted by Gasteiger charge is 2.05. The van der Waals surface area contributed by atoms with E-state index in [1.165, 1.54) is 0 Å². The molecule has 0 saturated carbocycles. The second kappa shape index (κ2) is 10.0. The first kappa shape index (κ1) is 15.9. The molecule has 0 radical (unpaired) electrons. The molecule has 0 fully saturated rings. The van der Waals surface area contributed by atoms with E-state index in [1.807, 2.05) is 6.92 Å². The second-order valence-electron chi connectivity index (χ2n) is 3.44. The van der Waals surface area contributed by atoms with Gasteiger partial charge in [0, 0.05) is 20.1 Å². The summed E-state index contributed by atoms with van der Waals surface area (Å²) in [6.45, 7) is 5.86. The lowest BCUT2D eigenvalue weighted by Crippen LogP contribution is -2.36. The molecular weight excluding hydrogens is 224 g/mol. The molecule has 0 aliphatic rings. The van der Waals surface area contributed by atoms with Crippen LogP contribution in [0.3, 0.4) is 0 Å². The number of carbonyl (C=O) groups excluding carboxylic acids is 2. The Morgan fingerprint density at radius 1 is 1.29 bits per heavy atom. The summed E-state index contributed by atoms with van der Waals surface area (Å²) in [6, 6.07) is 0. The van der Waals surface area contributed by atoms with Crippen LogP contribution in [-0.4, -0.2) is 63.3 Å². The number of nitrogens with one attached hydrogen (secondary N) is 1. The Morgan fingerprint density at radius 3 is 2.59 bits per heavy atom. The lowest BCUT2D eigenvalue weighted by Gasteiger charge is -2.14. The predicted octanol–water partition coefficient (Wildman–Crippen LogP) is -0.366.